The zero-order valence-electron chi connectivity index (χ0n) is 12.7. The Bertz CT molecular complexity index is 800. The van der Waals surface area contributed by atoms with Crippen molar-refractivity contribution in [3.8, 4) is 0 Å². The molecule has 0 radical (unpaired) electrons. The molecular weight excluding hydrogens is 328 g/mol. The lowest BCUT2D eigenvalue weighted by Gasteiger charge is -2.28. The van der Waals surface area contributed by atoms with Crippen molar-refractivity contribution in [2.75, 3.05) is 10.0 Å². The lowest BCUT2D eigenvalue weighted by atomic mass is 10.2. The molecule has 1 saturated heterocycles. The van der Waals surface area contributed by atoms with Gasteiger partial charge in [-0.15, -0.1) is 0 Å². The van der Waals surface area contributed by atoms with E-state index in [1.165, 1.54) is 48.5 Å². The van der Waals surface area contributed by atoms with Gasteiger partial charge in [-0.3, -0.25) is 9.59 Å². The van der Waals surface area contributed by atoms with E-state index < -0.39 is 23.8 Å². The van der Waals surface area contributed by atoms with E-state index in [-0.39, 0.29) is 17.5 Å². The van der Waals surface area contributed by atoms with E-state index in [0.29, 0.717) is 11.4 Å². The molecule has 3 rings (SSSR count). The summed E-state index contributed by atoms with van der Waals surface area (Å²) in [5.41, 5.74) is 0.782. The van der Waals surface area contributed by atoms with Crippen molar-refractivity contribution in [3.05, 3.63) is 59.7 Å². The van der Waals surface area contributed by atoms with Crippen LogP contribution in [0.3, 0.4) is 0 Å². The number of anilines is 2. The first-order chi connectivity index (χ1) is 11.9. The number of carbonyl (C=O) groups excluding carboxylic acids is 2. The van der Waals surface area contributed by atoms with Gasteiger partial charge in [-0.2, -0.15) is 0 Å². The van der Waals surface area contributed by atoms with Crippen LogP contribution >= 0.6 is 0 Å². The van der Waals surface area contributed by atoms with E-state index in [0.717, 1.165) is 10.0 Å². The summed E-state index contributed by atoms with van der Waals surface area (Å²) in [7, 11) is 0. The highest BCUT2D eigenvalue weighted by atomic mass is 16.4. The Morgan fingerprint density at radius 2 is 1.00 bits per heavy atom. The van der Waals surface area contributed by atoms with Crippen LogP contribution < -0.4 is 10.0 Å². The molecule has 0 bridgehead atoms. The molecule has 25 heavy (non-hydrogen) atoms. The third kappa shape index (κ3) is 2.92. The number of hydrogen-bond donors (Lipinski definition) is 2. The molecule has 0 atom stereocenters. The monoisotopic (exact) mass is 340 g/mol. The molecule has 2 aromatic rings. The van der Waals surface area contributed by atoms with Crippen molar-refractivity contribution in [2.45, 2.75) is 6.42 Å². The van der Waals surface area contributed by atoms with Gasteiger partial charge in [0.1, 0.15) is 6.42 Å². The van der Waals surface area contributed by atoms with Gasteiger partial charge in [0.15, 0.2) is 0 Å². The first-order valence-corrected chi connectivity index (χ1v) is 7.21. The molecule has 8 nitrogen and oxygen atoms in total. The smallest absolute Gasteiger partial charge is 0.335 e. The summed E-state index contributed by atoms with van der Waals surface area (Å²) < 4.78 is 0. The molecule has 8 heteroatoms. The van der Waals surface area contributed by atoms with E-state index in [9.17, 15) is 19.2 Å². The van der Waals surface area contributed by atoms with Crippen molar-refractivity contribution in [3.63, 3.8) is 0 Å². The molecule has 0 unspecified atom stereocenters. The second-order valence-corrected chi connectivity index (χ2v) is 5.29. The van der Waals surface area contributed by atoms with Crippen molar-refractivity contribution in [1.29, 1.82) is 0 Å². The van der Waals surface area contributed by atoms with Crippen molar-refractivity contribution >= 4 is 35.1 Å². The SMILES string of the molecule is O=C(O)c1ccc(N2C(=O)CC(=O)N2c2ccc(C(=O)O)cc2)cc1. The summed E-state index contributed by atoms with van der Waals surface area (Å²) in [5.74, 6) is -3.13. The molecule has 0 aromatic heterocycles. The van der Waals surface area contributed by atoms with E-state index in [1.54, 1.807) is 0 Å². The lowest BCUT2D eigenvalue weighted by molar-refractivity contribution is -0.121. The average molecular weight is 340 g/mol. The highest BCUT2D eigenvalue weighted by Crippen LogP contribution is 2.29. The Morgan fingerprint density at radius 3 is 1.28 bits per heavy atom. The number of carboxylic acid groups (broad SMARTS) is 2. The molecular formula is C17H12N2O6. The minimum atomic E-state index is -1.10. The van der Waals surface area contributed by atoms with Crippen LogP contribution in [0, 0.1) is 0 Å². The Hall–Kier alpha value is -3.68. The standard InChI is InChI=1S/C17H12N2O6/c20-14-9-15(21)19(13-7-3-11(4-8-13)17(24)25)18(14)12-5-1-10(2-6-12)16(22)23/h1-8H,9H2,(H,22,23)(H,24,25). The van der Waals surface area contributed by atoms with Gasteiger partial charge >= 0.3 is 11.9 Å². The predicted molar refractivity (Wildman–Crippen MR) is 86.4 cm³/mol. The molecule has 1 aliphatic rings. The normalized spacial score (nSPS) is 14.1. The van der Waals surface area contributed by atoms with Crippen molar-refractivity contribution in [2.24, 2.45) is 0 Å². The van der Waals surface area contributed by atoms with Gasteiger partial charge in [0.2, 0.25) is 0 Å². The highest BCUT2D eigenvalue weighted by Gasteiger charge is 2.38. The first-order valence-electron chi connectivity index (χ1n) is 7.21. The number of carbonyl (C=O) groups is 4. The summed E-state index contributed by atoms with van der Waals surface area (Å²) >= 11 is 0. The van der Waals surface area contributed by atoms with Crippen LogP contribution in [-0.2, 0) is 9.59 Å². The first kappa shape index (κ1) is 16.2. The summed E-state index contributed by atoms with van der Waals surface area (Å²) in [6, 6.07) is 11.0. The molecule has 0 spiro atoms. The largest absolute Gasteiger partial charge is 0.478 e. The van der Waals surface area contributed by atoms with Crippen LogP contribution in [0.1, 0.15) is 27.1 Å². The maximum Gasteiger partial charge on any atom is 0.335 e. The van der Waals surface area contributed by atoms with E-state index in [2.05, 4.69) is 0 Å². The predicted octanol–water partition coefficient (Wildman–Crippen LogP) is 1.77. The summed E-state index contributed by atoms with van der Waals surface area (Å²) in [6.07, 6.45) is -0.332. The van der Waals surface area contributed by atoms with Crippen LogP contribution in [0.15, 0.2) is 48.5 Å². The third-order valence-corrected chi connectivity index (χ3v) is 3.69. The fourth-order valence-electron chi connectivity index (χ4n) is 2.51. The fraction of sp³-hybridized carbons (Fsp3) is 0.0588. The highest BCUT2D eigenvalue weighted by molar-refractivity contribution is 6.20. The van der Waals surface area contributed by atoms with Gasteiger partial charge in [-0.1, -0.05) is 0 Å². The zero-order chi connectivity index (χ0) is 18.1. The number of rotatable bonds is 4. The maximum absolute atomic E-state index is 12.2. The second kappa shape index (κ2) is 6.08. The molecule has 1 heterocycles. The molecule has 0 saturated carbocycles. The molecule has 0 aliphatic carbocycles. The van der Waals surface area contributed by atoms with Gasteiger partial charge < -0.3 is 10.2 Å². The summed E-state index contributed by atoms with van der Waals surface area (Å²) in [4.78, 5) is 46.3. The molecule has 1 fully saturated rings. The van der Waals surface area contributed by atoms with E-state index in [1.807, 2.05) is 0 Å². The van der Waals surface area contributed by atoms with Crippen LogP contribution in [-0.4, -0.2) is 34.0 Å². The van der Waals surface area contributed by atoms with Crippen LogP contribution in [0.4, 0.5) is 11.4 Å². The zero-order valence-corrected chi connectivity index (χ0v) is 12.7. The number of hydrazine groups is 1. The average Bonchev–Trinajstić information content (AvgIpc) is 2.89. The Labute approximate surface area is 141 Å². The van der Waals surface area contributed by atoms with E-state index >= 15 is 0 Å². The number of aromatic carboxylic acids is 2. The van der Waals surface area contributed by atoms with Crippen LogP contribution in [0.5, 0.6) is 0 Å². The molecule has 2 amide bonds. The fourth-order valence-corrected chi connectivity index (χ4v) is 2.51. The second-order valence-electron chi connectivity index (χ2n) is 5.29. The minimum Gasteiger partial charge on any atom is -0.478 e. The van der Waals surface area contributed by atoms with Gasteiger partial charge in [0, 0.05) is 0 Å². The summed E-state index contributed by atoms with van der Waals surface area (Å²) in [5, 5.41) is 20.2. The topological polar surface area (TPSA) is 115 Å². The Kier molecular flexibility index (Phi) is 3.94. The van der Waals surface area contributed by atoms with E-state index in [4.69, 9.17) is 10.2 Å². The quantitative estimate of drug-likeness (QED) is 0.820. The van der Waals surface area contributed by atoms with Gasteiger partial charge in [0.05, 0.1) is 22.5 Å². The molecule has 1 aliphatic heterocycles. The number of amides is 2. The molecule has 126 valence electrons. The molecule has 2 N–H and O–H groups in total. The number of hydrogen-bond acceptors (Lipinski definition) is 4. The number of nitrogens with zero attached hydrogens (tertiary/aromatic N) is 2. The number of carboxylic acids is 2. The third-order valence-electron chi connectivity index (χ3n) is 3.69. The maximum atomic E-state index is 12.2. The Balaban J connectivity index is 1.98. The van der Waals surface area contributed by atoms with Crippen molar-refractivity contribution < 1.29 is 29.4 Å². The molecule has 2 aromatic carbocycles. The Morgan fingerprint density at radius 1 is 0.680 bits per heavy atom. The lowest BCUT2D eigenvalue weighted by Crippen LogP contribution is -2.41. The van der Waals surface area contributed by atoms with Gasteiger partial charge in [0.25, 0.3) is 11.8 Å². The van der Waals surface area contributed by atoms with Crippen molar-refractivity contribution in [1.82, 2.24) is 0 Å². The van der Waals surface area contributed by atoms with Crippen LogP contribution in [0.2, 0.25) is 0 Å². The van der Waals surface area contributed by atoms with Crippen LogP contribution in [0.25, 0.3) is 0 Å². The number of benzene rings is 2. The minimum absolute atomic E-state index is 0.0547. The summed E-state index contributed by atoms with van der Waals surface area (Å²) in [6.45, 7) is 0. The van der Waals surface area contributed by atoms with Gasteiger partial charge in [-0.25, -0.2) is 19.6 Å². The van der Waals surface area contributed by atoms with Gasteiger partial charge in [-0.05, 0) is 48.5 Å².